The van der Waals surface area contributed by atoms with Gasteiger partial charge in [-0.15, -0.1) is 0 Å². The molecule has 2 aliphatic heterocycles. The zero-order valence-electron chi connectivity index (χ0n) is 16.5. The van der Waals surface area contributed by atoms with Gasteiger partial charge in [-0.2, -0.15) is 0 Å². The number of anilines is 2. The summed E-state index contributed by atoms with van der Waals surface area (Å²) in [6, 6.07) is 7.36. The van der Waals surface area contributed by atoms with E-state index in [0.717, 1.165) is 15.6 Å². The molecule has 1 N–H and O–H groups in total. The Morgan fingerprint density at radius 2 is 1.93 bits per heavy atom. The number of hydrogen-bond acceptors (Lipinski definition) is 6. The van der Waals surface area contributed by atoms with Gasteiger partial charge in [-0.1, -0.05) is 12.1 Å². The van der Waals surface area contributed by atoms with E-state index in [-0.39, 0.29) is 10.7 Å². The van der Waals surface area contributed by atoms with Crippen molar-refractivity contribution in [3.8, 4) is 0 Å². The first-order chi connectivity index (χ1) is 14.4. The number of furan rings is 1. The number of nitrogens with zero attached hydrogens (tertiary/aromatic N) is 2. The first kappa shape index (κ1) is 20.8. The summed E-state index contributed by atoms with van der Waals surface area (Å²) >= 11 is 8.79. The number of aryl methyl sites for hydroxylation is 1. The van der Waals surface area contributed by atoms with E-state index in [1.165, 1.54) is 11.0 Å². The molecule has 0 unspecified atom stereocenters. The predicted molar refractivity (Wildman–Crippen MR) is 122 cm³/mol. The van der Waals surface area contributed by atoms with Crippen molar-refractivity contribution in [2.24, 2.45) is 0 Å². The Morgan fingerprint density at radius 3 is 2.67 bits per heavy atom. The Hall–Kier alpha value is -2.49. The Labute approximate surface area is 187 Å². The molecule has 156 valence electrons. The van der Waals surface area contributed by atoms with E-state index in [4.69, 9.17) is 21.4 Å². The summed E-state index contributed by atoms with van der Waals surface area (Å²) in [6.45, 7) is 6.52. The summed E-state index contributed by atoms with van der Waals surface area (Å²) in [5.74, 6) is 0.0104. The maximum absolute atomic E-state index is 13.2. The molecule has 2 amide bonds. The smallest absolute Gasteiger partial charge is 0.270 e. The third-order valence-electron chi connectivity index (χ3n) is 5.19. The number of amides is 2. The van der Waals surface area contributed by atoms with Crippen molar-refractivity contribution < 1.29 is 18.7 Å². The van der Waals surface area contributed by atoms with Crippen LogP contribution in [0.2, 0.25) is 0 Å². The minimum atomic E-state index is -0.549. The van der Waals surface area contributed by atoms with Crippen molar-refractivity contribution in [1.82, 2.24) is 5.32 Å². The molecule has 9 heteroatoms. The third kappa shape index (κ3) is 3.80. The molecule has 0 bridgehead atoms. The van der Waals surface area contributed by atoms with Crippen molar-refractivity contribution >= 4 is 62.7 Å². The highest BCUT2D eigenvalue weighted by atomic mass is 79.9. The Bertz CT molecular complexity index is 1070. The maximum atomic E-state index is 13.2. The van der Waals surface area contributed by atoms with Crippen LogP contribution in [-0.2, 0) is 14.3 Å². The van der Waals surface area contributed by atoms with Crippen LogP contribution in [0.4, 0.5) is 11.6 Å². The van der Waals surface area contributed by atoms with Gasteiger partial charge < -0.3 is 14.1 Å². The van der Waals surface area contributed by atoms with Crippen molar-refractivity contribution in [2.75, 3.05) is 36.1 Å². The fourth-order valence-electron chi connectivity index (χ4n) is 3.43. The van der Waals surface area contributed by atoms with Crippen molar-refractivity contribution in [1.29, 1.82) is 0 Å². The standard InChI is InChI=1S/C21H20BrN3O4S/c1-12-4-3-5-17(13(12)2)25-19(27)15(18(26)23-21(25)30)10-14-11-16(22)20(29-14)24-6-8-28-9-7-24/h3-5,10-11H,6-9H2,1-2H3,(H,23,26,30)/b15-10-. The highest BCUT2D eigenvalue weighted by Crippen LogP contribution is 2.33. The molecule has 2 aromatic rings. The number of thiocarbonyl (C=S) groups is 1. The zero-order chi connectivity index (χ0) is 21.4. The molecule has 7 nitrogen and oxygen atoms in total. The van der Waals surface area contributed by atoms with E-state index < -0.39 is 11.8 Å². The normalized spacial score (nSPS) is 18.9. The monoisotopic (exact) mass is 489 g/mol. The van der Waals surface area contributed by atoms with Crippen LogP contribution in [0.5, 0.6) is 0 Å². The second-order valence-corrected chi connectivity index (χ2v) is 8.32. The molecule has 2 aliphatic rings. The van der Waals surface area contributed by atoms with Crippen LogP contribution in [0.3, 0.4) is 0 Å². The van der Waals surface area contributed by atoms with Gasteiger partial charge in [-0.3, -0.25) is 19.8 Å². The van der Waals surface area contributed by atoms with Gasteiger partial charge in [0.1, 0.15) is 11.3 Å². The van der Waals surface area contributed by atoms with Crippen LogP contribution < -0.4 is 15.1 Å². The minimum Gasteiger partial charge on any atom is -0.440 e. The number of carbonyl (C=O) groups excluding carboxylic acids is 2. The fourth-order valence-corrected chi connectivity index (χ4v) is 4.26. The molecular weight excluding hydrogens is 470 g/mol. The van der Waals surface area contributed by atoms with Gasteiger partial charge in [0.25, 0.3) is 11.8 Å². The van der Waals surface area contributed by atoms with Crippen LogP contribution in [-0.4, -0.2) is 43.2 Å². The molecule has 30 heavy (non-hydrogen) atoms. The number of halogens is 1. The molecule has 4 rings (SSSR count). The molecule has 2 fully saturated rings. The van der Waals surface area contributed by atoms with E-state index in [0.29, 0.717) is 43.6 Å². The van der Waals surface area contributed by atoms with Crippen molar-refractivity contribution in [3.05, 3.63) is 51.2 Å². The highest BCUT2D eigenvalue weighted by Gasteiger charge is 2.35. The van der Waals surface area contributed by atoms with Gasteiger partial charge in [0.15, 0.2) is 5.11 Å². The molecule has 1 aromatic carbocycles. The number of hydrogen-bond donors (Lipinski definition) is 1. The summed E-state index contributed by atoms with van der Waals surface area (Å²) in [5.41, 5.74) is 2.54. The quantitative estimate of drug-likeness (QED) is 0.404. The number of nitrogens with one attached hydrogen (secondary N) is 1. The van der Waals surface area contributed by atoms with Gasteiger partial charge in [0.2, 0.25) is 5.88 Å². The Morgan fingerprint density at radius 1 is 1.20 bits per heavy atom. The topological polar surface area (TPSA) is 75.0 Å². The van der Waals surface area contributed by atoms with Gasteiger partial charge in [-0.05, 0) is 65.3 Å². The SMILES string of the molecule is Cc1cccc(N2C(=O)/C(=C\c3cc(Br)c(N4CCOCC4)o3)C(=O)NC2=S)c1C. The second-order valence-electron chi connectivity index (χ2n) is 7.08. The lowest BCUT2D eigenvalue weighted by molar-refractivity contribution is -0.122. The van der Waals surface area contributed by atoms with E-state index in [9.17, 15) is 9.59 Å². The molecule has 0 radical (unpaired) electrons. The van der Waals surface area contributed by atoms with Gasteiger partial charge in [-0.25, -0.2) is 0 Å². The fraction of sp³-hybridized carbons (Fsp3) is 0.286. The molecular formula is C21H20BrN3O4S. The summed E-state index contributed by atoms with van der Waals surface area (Å²) in [4.78, 5) is 29.2. The van der Waals surface area contributed by atoms with E-state index >= 15 is 0 Å². The first-order valence-corrected chi connectivity index (χ1v) is 10.7. The first-order valence-electron chi connectivity index (χ1n) is 9.46. The van der Waals surface area contributed by atoms with Gasteiger partial charge >= 0.3 is 0 Å². The summed E-state index contributed by atoms with van der Waals surface area (Å²) in [7, 11) is 0. The summed E-state index contributed by atoms with van der Waals surface area (Å²) in [6.07, 6.45) is 1.45. The lowest BCUT2D eigenvalue weighted by Crippen LogP contribution is -2.54. The number of rotatable bonds is 3. The number of ether oxygens (including phenoxy) is 1. The molecule has 0 aliphatic carbocycles. The van der Waals surface area contributed by atoms with Crippen molar-refractivity contribution in [3.63, 3.8) is 0 Å². The molecule has 1 aromatic heterocycles. The van der Waals surface area contributed by atoms with E-state index in [1.807, 2.05) is 32.0 Å². The molecule has 0 spiro atoms. The van der Waals surface area contributed by atoms with Crippen LogP contribution >= 0.6 is 28.1 Å². The third-order valence-corrected chi connectivity index (χ3v) is 6.04. The van der Waals surface area contributed by atoms with E-state index in [2.05, 4.69) is 26.1 Å². The van der Waals surface area contributed by atoms with Crippen LogP contribution in [0.15, 0.2) is 38.7 Å². The molecule has 0 saturated carbocycles. The van der Waals surface area contributed by atoms with Crippen LogP contribution in [0.25, 0.3) is 6.08 Å². The van der Waals surface area contributed by atoms with Crippen molar-refractivity contribution in [2.45, 2.75) is 13.8 Å². The van der Waals surface area contributed by atoms with E-state index in [1.54, 1.807) is 6.07 Å². The number of carbonyl (C=O) groups is 2. The summed E-state index contributed by atoms with van der Waals surface area (Å²) in [5, 5.41) is 2.67. The second kappa shape index (κ2) is 8.33. The zero-order valence-corrected chi connectivity index (χ0v) is 18.9. The van der Waals surface area contributed by atoms with Gasteiger partial charge in [0.05, 0.1) is 23.4 Å². The molecule has 3 heterocycles. The number of benzene rings is 1. The predicted octanol–water partition coefficient (Wildman–Crippen LogP) is 3.33. The minimum absolute atomic E-state index is 0.0423. The highest BCUT2D eigenvalue weighted by molar-refractivity contribution is 9.10. The molecule has 2 saturated heterocycles. The number of morpholine rings is 1. The Balaban J connectivity index is 1.69. The summed E-state index contributed by atoms with van der Waals surface area (Å²) < 4.78 is 12.1. The lowest BCUT2D eigenvalue weighted by Gasteiger charge is -2.30. The average Bonchev–Trinajstić information content (AvgIpc) is 3.09. The Kier molecular flexibility index (Phi) is 5.77. The lowest BCUT2D eigenvalue weighted by atomic mass is 10.0. The van der Waals surface area contributed by atoms with Crippen LogP contribution in [0, 0.1) is 13.8 Å². The van der Waals surface area contributed by atoms with Gasteiger partial charge in [0, 0.05) is 19.2 Å². The maximum Gasteiger partial charge on any atom is 0.270 e. The van der Waals surface area contributed by atoms with Crippen LogP contribution in [0.1, 0.15) is 16.9 Å². The molecule has 0 atom stereocenters. The largest absolute Gasteiger partial charge is 0.440 e. The average molecular weight is 490 g/mol.